The molecule has 1 aromatic carbocycles. The van der Waals surface area contributed by atoms with Gasteiger partial charge in [-0.1, -0.05) is 26.0 Å². The molecule has 130 valence electrons. The minimum atomic E-state index is -0.0453. The highest BCUT2D eigenvalue weighted by molar-refractivity contribution is 5.80. The molecule has 2 N–H and O–H groups in total. The summed E-state index contributed by atoms with van der Waals surface area (Å²) in [5.41, 5.74) is 0. The number of nitrogens with zero attached hydrogens (tertiary/aromatic N) is 1. The van der Waals surface area contributed by atoms with Crippen LogP contribution in [0.15, 0.2) is 29.3 Å². The van der Waals surface area contributed by atoms with Crippen molar-refractivity contribution >= 4 is 5.96 Å². The first kappa shape index (κ1) is 19.1. The molecule has 0 saturated carbocycles. The van der Waals surface area contributed by atoms with Crippen LogP contribution in [-0.2, 0) is 0 Å². The predicted octanol–water partition coefficient (Wildman–Crippen LogP) is 3.06. The summed E-state index contributed by atoms with van der Waals surface area (Å²) < 4.78 is 11.2. The van der Waals surface area contributed by atoms with E-state index in [-0.39, 0.29) is 6.10 Å². The molecule has 0 aliphatic rings. The number of methoxy groups -OCH3 is 1. The molecule has 2 atom stereocenters. The molecule has 1 aromatic rings. The molecule has 0 aliphatic heterocycles. The lowest BCUT2D eigenvalue weighted by Crippen LogP contribution is -2.44. The Balaban J connectivity index is 2.63. The van der Waals surface area contributed by atoms with E-state index in [1.165, 1.54) is 0 Å². The summed E-state index contributed by atoms with van der Waals surface area (Å²) in [5, 5.41) is 6.69. The van der Waals surface area contributed by atoms with E-state index in [1.54, 1.807) is 7.11 Å². The fraction of sp³-hybridized carbons (Fsp3) is 0.611. The van der Waals surface area contributed by atoms with E-state index in [2.05, 4.69) is 43.3 Å². The summed E-state index contributed by atoms with van der Waals surface area (Å²) in [5.74, 6) is 2.85. The van der Waals surface area contributed by atoms with Crippen molar-refractivity contribution in [2.24, 2.45) is 10.9 Å². The zero-order valence-electron chi connectivity index (χ0n) is 15.2. The van der Waals surface area contributed by atoms with Crippen molar-refractivity contribution in [1.82, 2.24) is 10.6 Å². The van der Waals surface area contributed by atoms with E-state index >= 15 is 0 Å². The van der Waals surface area contributed by atoms with Crippen LogP contribution in [0.5, 0.6) is 11.5 Å². The van der Waals surface area contributed by atoms with Gasteiger partial charge in [-0.05, 0) is 38.8 Å². The second-order valence-electron chi connectivity index (χ2n) is 5.98. The minimum absolute atomic E-state index is 0.0453. The maximum atomic E-state index is 5.93. The van der Waals surface area contributed by atoms with Crippen molar-refractivity contribution in [3.8, 4) is 11.5 Å². The first-order valence-corrected chi connectivity index (χ1v) is 8.32. The molecule has 0 amide bonds. The SMILES string of the molecule is CCNC(=NCC(C)Oc1ccccc1OC)NC(C)C(C)C. The lowest BCUT2D eigenvalue weighted by Gasteiger charge is -2.21. The Labute approximate surface area is 140 Å². The molecule has 1 rings (SSSR count). The molecule has 5 nitrogen and oxygen atoms in total. The summed E-state index contributed by atoms with van der Waals surface area (Å²) in [6, 6.07) is 8.02. The fourth-order valence-corrected chi connectivity index (χ4v) is 1.89. The zero-order chi connectivity index (χ0) is 17.2. The first-order chi connectivity index (χ1) is 11.0. The number of benzene rings is 1. The maximum Gasteiger partial charge on any atom is 0.191 e. The average Bonchev–Trinajstić information content (AvgIpc) is 2.53. The van der Waals surface area contributed by atoms with Gasteiger partial charge in [0.1, 0.15) is 6.10 Å². The summed E-state index contributed by atoms with van der Waals surface area (Å²) in [6.07, 6.45) is -0.0453. The average molecular weight is 321 g/mol. The number of para-hydroxylation sites is 2. The van der Waals surface area contributed by atoms with Gasteiger partial charge in [-0.15, -0.1) is 0 Å². The van der Waals surface area contributed by atoms with Gasteiger partial charge in [0.15, 0.2) is 17.5 Å². The Kier molecular flexibility index (Phi) is 8.30. The third-order valence-electron chi connectivity index (χ3n) is 3.61. The smallest absolute Gasteiger partial charge is 0.191 e. The van der Waals surface area contributed by atoms with Crippen LogP contribution in [0.4, 0.5) is 0 Å². The number of hydrogen-bond acceptors (Lipinski definition) is 3. The predicted molar refractivity (Wildman–Crippen MR) is 96.5 cm³/mol. The molecular weight excluding hydrogens is 290 g/mol. The monoisotopic (exact) mass is 321 g/mol. The lowest BCUT2D eigenvalue weighted by molar-refractivity contribution is 0.219. The van der Waals surface area contributed by atoms with Gasteiger partial charge in [0.05, 0.1) is 13.7 Å². The van der Waals surface area contributed by atoms with Crippen LogP contribution in [0, 0.1) is 5.92 Å². The van der Waals surface area contributed by atoms with Crippen LogP contribution in [0.2, 0.25) is 0 Å². The van der Waals surface area contributed by atoms with Gasteiger partial charge in [-0.25, -0.2) is 4.99 Å². The van der Waals surface area contributed by atoms with Crippen LogP contribution in [0.1, 0.15) is 34.6 Å². The zero-order valence-corrected chi connectivity index (χ0v) is 15.2. The quantitative estimate of drug-likeness (QED) is 0.571. The Morgan fingerprint density at radius 3 is 2.35 bits per heavy atom. The van der Waals surface area contributed by atoms with Crippen molar-refractivity contribution < 1.29 is 9.47 Å². The van der Waals surface area contributed by atoms with Crippen molar-refractivity contribution in [2.75, 3.05) is 20.2 Å². The number of rotatable bonds is 8. The van der Waals surface area contributed by atoms with Crippen LogP contribution in [0.3, 0.4) is 0 Å². The summed E-state index contributed by atoms with van der Waals surface area (Å²) >= 11 is 0. The Morgan fingerprint density at radius 1 is 1.13 bits per heavy atom. The van der Waals surface area contributed by atoms with Gasteiger partial charge >= 0.3 is 0 Å². The normalized spacial score (nSPS) is 14.3. The summed E-state index contributed by atoms with van der Waals surface area (Å²) in [4.78, 5) is 4.62. The molecule has 0 heterocycles. The third-order valence-corrected chi connectivity index (χ3v) is 3.61. The van der Waals surface area contributed by atoms with E-state index in [0.29, 0.717) is 18.5 Å². The van der Waals surface area contributed by atoms with Gasteiger partial charge in [0.2, 0.25) is 0 Å². The summed E-state index contributed by atoms with van der Waals surface area (Å²) in [6.45, 7) is 12.0. The van der Waals surface area contributed by atoms with Gasteiger partial charge in [0.25, 0.3) is 0 Å². The topological polar surface area (TPSA) is 54.9 Å². The highest BCUT2D eigenvalue weighted by Crippen LogP contribution is 2.26. The van der Waals surface area contributed by atoms with Gasteiger partial charge in [-0.2, -0.15) is 0 Å². The third kappa shape index (κ3) is 6.80. The van der Waals surface area contributed by atoms with Crippen LogP contribution >= 0.6 is 0 Å². The van der Waals surface area contributed by atoms with Gasteiger partial charge < -0.3 is 20.1 Å². The first-order valence-electron chi connectivity index (χ1n) is 8.32. The van der Waals surface area contributed by atoms with Gasteiger partial charge in [-0.3, -0.25) is 0 Å². The van der Waals surface area contributed by atoms with E-state index in [4.69, 9.17) is 9.47 Å². The number of aliphatic imine (C=N–C) groups is 1. The Morgan fingerprint density at radius 2 is 1.78 bits per heavy atom. The highest BCUT2D eigenvalue weighted by atomic mass is 16.5. The molecule has 0 bridgehead atoms. The van der Waals surface area contributed by atoms with E-state index in [0.717, 1.165) is 24.0 Å². The number of guanidine groups is 1. The molecule has 2 unspecified atom stereocenters. The van der Waals surface area contributed by atoms with Crippen molar-refractivity contribution in [2.45, 2.75) is 46.8 Å². The van der Waals surface area contributed by atoms with Crippen molar-refractivity contribution in [3.63, 3.8) is 0 Å². The van der Waals surface area contributed by atoms with Crippen LogP contribution in [-0.4, -0.2) is 38.3 Å². The van der Waals surface area contributed by atoms with E-state index < -0.39 is 0 Å². The van der Waals surface area contributed by atoms with Crippen molar-refractivity contribution in [1.29, 1.82) is 0 Å². The maximum absolute atomic E-state index is 5.93. The number of nitrogens with one attached hydrogen (secondary N) is 2. The Bertz CT molecular complexity index is 489. The van der Waals surface area contributed by atoms with Gasteiger partial charge in [0, 0.05) is 12.6 Å². The molecular formula is C18H31N3O2. The Hall–Kier alpha value is -1.91. The highest BCUT2D eigenvalue weighted by Gasteiger charge is 2.11. The van der Waals surface area contributed by atoms with Crippen LogP contribution in [0.25, 0.3) is 0 Å². The molecule has 0 radical (unpaired) electrons. The molecule has 5 heteroatoms. The fourth-order valence-electron chi connectivity index (χ4n) is 1.89. The second kappa shape index (κ2) is 9.98. The standard InChI is InChI=1S/C18H31N3O2/c1-7-19-18(21-15(5)13(2)3)20-12-14(4)23-17-11-9-8-10-16(17)22-6/h8-11,13-15H,7,12H2,1-6H3,(H2,19,20,21). The lowest BCUT2D eigenvalue weighted by atomic mass is 10.1. The number of hydrogen-bond donors (Lipinski definition) is 2. The molecule has 0 fully saturated rings. The molecule has 0 spiro atoms. The minimum Gasteiger partial charge on any atom is -0.493 e. The molecule has 0 aromatic heterocycles. The van der Waals surface area contributed by atoms with Crippen molar-refractivity contribution in [3.05, 3.63) is 24.3 Å². The second-order valence-corrected chi connectivity index (χ2v) is 5.98. The summed E-state index contributed by atoms with van der Waals surface area (Å²) in [7, 11) is 1.64. The molecule has 23 heavy (non-hydrogen) atoms. The van der Waals surface area contributed by atoms with E-state index in [9.17, 15) is 0 Å². The molecule has 0 saturated heterocycles. The molecule has 0 aliphatic carbocycles. The van der Waals surface area contributed by atoms with Crippen LogP contribution < -0.4 is 20.1 Å². The number of ether oxygens (including phenoxy) is 2. The largest absolute Gasteiger partial charge is 0.493 e. The van der Waals surface area contributed by atoms with E-state index in [1.807, 2.05) is 31.2 Å².